The molecule has 3 rings (SSSR count). The van der Waals surface area contributed by atoms with E-state index in [1.807, 2.05) is 4.90 Å². The van der Waals surface area contributed by atoms with Crippen LogP contribution in [0.5, 0.6) is 0 Å². The minimum Gasteiger partial charge on any atom is -0.475 e. The number of likely N-dealkylation sites (tertiary alicyclic amines) is 1. The quantitative estimate of drug-likeness (QED) is 0.772. The van der Waals surface area contributed by atoms with Crippen LogP contribution in [0.25, 0.3) is 0 Å². The average molecular weight is 433 g/mol. The van der Waals surface area contributed by atoms with Crippen LogP contribution < -0.4 is 0 Å². The van der Waals surface area contributed by atoms with Crippen molar-refractivity contribution < 1.29 is 37.3 Å². The first-order chi connectivity index (χ1) is 14.2. The summed E-state index contributed by atoms with van der Waals surface area (Å²) < 4.78 is 42.7. The highest BCUT2D eigenvalue weighted by Crippen LogP contribution is 2.32. The van der Waals surface area contributed by atoms with E-state index in [4.69, 9.17) is 19.4 Å². The summed E-state index contributed by atoms with van der Waals surface area (Å²) in [5.74, 6) is -2.66. The van der Waals surface area contributed by atoms with Crippen molar-refractivity contribution in [2.45, 2.75) is 24.6 Å². The number of carbonyl (C=O) groups is 2. The molecule has 30 heavy (non-hydrogen) atoms. The van der Waals surface area contributed by atoms with Gasteiger partial charge in [-0.25, -0.2) is 4.79 Å². The highest BCUT2D eigenvalue weighted by atomic mass is 19.4. The van der Waals surface area contributed by atoms with E-state index in [9.17, 15) is 18.0 Å². The van der Waals surface area contributed by atoms with Crippen molar-refractivity contribution in [2.24, 2.45) is 0 Å². The van der Waals surface area contributed by atoms with Gasteiger partial charge in [0.25, 0.3) is 5.91 Å². The summed E-state index contributed by atoms with van der Waals surface area (Å²) in [4.78, 5) is 29.9. The fourth-order valence-electron chi connectivity index (χ4n) is 3.58. The minimum atomic E-state index is -5.08. The Morgan fingerprint density at radius 1 is 1.23 bits per heavy atom. The number of aliphatic carboxylic acids is 1. The number of hydrogen-bond acceptors (Lipinski definition) is 6. The molecule has 3 heterocycles. The Balaban J connectivity index is 0.000000396. The summed E-state index contributed by atoms with van der Waals surface area (Å²) in [7, 11) is 1.74. The molecule has 2 saturated heterocycles. The number of ether oxygens (including phenoxy) is 2. The minimum absolute atomic E-state index is 0.0613. The van der Waals surface area contributed by atoms with Gasteiger partial charge in [0.15, 0.2) is 0 Å². The summed E-state index contributed by atoms with van der Waals surface area (Å²) in [5.41, 5.74) is 0.776. The summed E-state index contributed by atoms with van der Waals surface area (Å²) >= 11 is 0. The van der Waals surface area contributed by atoms with Crippen molar-refractivity contribution in [3.63, 3.8) is 0 Å². The Kier molecular flexibility index (Phi) is 8.56. The fourth-order valence-corrected chi connectivity index (χ4v) is 3.58. The molecule has 8 nitrogen and oxygen atoms in total. The van der Waals surface area contributed by atoms with E-state index in [1.54, 1.807) is 31.6 Å². The zero-order chi connectivity index (χ0) is 22.2. The van der Waals surface area contributed by atoms with Gasteiger partial charge < -0.3 is 19.5 Å². The molecule has 1 amide bonds. The molecule has 168 valence electrons. The maximum Gasteiger partial charge on any atom is 0.490 e. The van der Waals surface area contributed by atoms with Crippen LogP contribution in [0.15, 0.2) is 24.5 Å². The molecule has 2 fully saturated rings. The Labute approximate surface area is 172 Å². The molecule has 0 unspecified atom stereocenters. The molecule has 0 saturated carbocycles. The van der Waals surface area contributed by atoms with Gasteiger partial charge in [0.1, 0.15) is 0 Å². The number of piperidine rings is 1. The number of rotatable bonds is 4. The number of amides is 1. The van der Waals surface area contributed by atoms with Crippen LogP contribution in [0.1, 0.15) is 23.2 Å². The van der Waals surface area contributed by atoms with Gasteiger partial charge in [-0.3, -0.25) is 14.7 Å². The SMILES string of the molecule is COCCN1CCOCC12CCN(C(=O)c1ccncc1)CC2.O=C(O)C(F)(F)F. The van der Waals surface area contributed by atoms with Crippen molar-refractivity contribution in [1.29, 1.82) is 0 Å². The van der Waals surface area contributed by atoms with Crippen molar-refractivity contribution >= 4 is 11.9 Å². The zero-order valence-corrected chi connectivity index (χ0v) is 16.7. The number of hydrogen-bond donors (Lipinski definition) is 1. The number of morpholine rings is 1. The number of carboxylic acid groups (broad SMARTS) is 1. The number of halogens is 3. The molecule has 0 aromatic carbocycles. The largest absolute Gasteiger partial charge is 0.490 e. The number of nitrogens with zero attached hydrogens (tertiary/aromatic N) is 3. The Morgan fingerprint density at radius 2 is 1.83 bits per heavy atom. The lowest BCUT2D eigenvalue weighted by Gasteiger charge is -2.51. The lowest BCUT2D eigenvalue weighted by atomic mass is 9.85. The first-order valence-corrected chi connectivity index (χ1v) is 9.51. The van der Waals surface area contributed by atoms with Gasteiger partial charge in [0.05, 0.1) is 19.8 Å². The van der Waals surface area contributed by atoms with Gasteiger partial charge in [-0.1, -0.05) is 0 Å². The van der Waals surface area contributed by atoms with Gasteiger partial charge in [-0.2, -0.15) is 13.2 Å². The van der Waals surface area contributed by atoms with Gasteiger partial charge in [0.2, 0.25) is 0 Å². The van der Waals surface area contributed by atoms with Crippen LogP contribution in [0.2, 0.25) is 0 Å². The second kappa shape index (κ2) is 10.7. The third-order valence-corrected chi connectivity index (χ3v) is 5.26. The molecule has 1 N–H and O–H groups in total. The summed E-state index contributed by atoms with van der Waals surface area (Å²) in [6.45, 7) is 5.70. The second-order valence-corrected chi connectivity index (χ2v) is 7.09. The first-order valence-electron chi connectivity index (χ1n) is 9.51. The van der Waals surface area contributed by atoms with E-state index in [2.05, 4.69) is 9.88 Å². The highest BCUT2D eigenvalue weighted by Gasteiger charge is 2.42. The van der Waals surface area contributed by atoms with Crippen LogP contribution in [0.4, 0.5) is 13.2 Å². The van der Waals surface area contributed by atoms with Crippen molar-refractivity contribution in [2.75, 3.05) is 53.1 Å². The molecule has 0 bridgehead atoms. The average Bonchev–Trinajstić information content (AvgIpc) is 2.74. The van der Waals surface area contributed by atoms with E-state index < -0.39 is 12.1 Å². The summed E-state index contributed by atoms with van der Waals surface area (Å²) in [6, 6.07) is 3.56. The number of carbonyl (C=O) groups excluding carboxylic acids is 1. The van der Waals surface area contributed by atoms with Crippen molar-refractivity contribution in [3.8, 4) is 0 Å². The van der Waals surface area contributed by atoms with Crippen LogP contribution in [0.3, 0.4) is 0 Å². The molecule has 1 spiro atoms. The van der Waals surface area contributed by atoms with Crippen LogP contribution in [-0.2, 0) is 14.3 Å². The topological polar surface area (TPSA) is 92.2 Å². The molecular formula is C19H26F3N3O5. The normalized spacial score (nSPS) is 19.1. The molecule has 0 aliphatic carbocycles. The number of aromatic nitrogens is 1. The van der Waals surface area contributed by atoms with Gasteiger partial charge in [-0.15, -0.1) is 0 Å². The van der Waals surface area contributed by atoms with E-state index in [0.29, 0.717) is 5.56 Å². The number of methoxy groups -OCH3 is 1. The molecule has 1 aromatic rings. The van der Waals surface area contributed by atoms with E-state index in [1.165, 1.54) is 0 Å². The van der Waals surface area contributed by atoms with E-state index in [-0.39, 0.29) is 11.4 Å². The fraction of sp³-hybridized carbons (Fsp3) is 0.632. The van der Waals surface area contributed by atoms with E-state index in [0.717, 1.165) is 58.8 Å². The van der Waals surface area contributed by atoms with Gasteiger partial charge in [0, 0.05) is 56.8 Å². The third-order valence-electron chi connectivity index (χ3n) is 5.26. The number of alkyl halides is 3. The monoisotopic (exact) mass is 433 g/mol. The Bertz CT molecular complexity index is 694. The molecule has 0 radical (unpaired) electrons. The van der Waals surface area contributed by atoms with Crippen LogP contribution in [-0.4, -0.2) is 96.6 Å². The van der Waals surface area contributed by atoms with Crippen LogP contribution in [0, 0.1) is 0 Å². The first kappa shape index (κ1) is 24.0. The lowest BCUT2D eigenvalue weighted by Crippen LogP contribution is -2.62. The van der Waals surface area contributed by atoms with Crippen molar-refractivity contribution in [1.82, 2.24) is 14.8 Å². The Hall–Kier alpha value is -2.24. The molecular weight excluding hydrogens is 407 g/mol. The van der Waals surface area contributed by atoms with Crippen molar-refractivity contribution in [3.05, 3.63) is 30.1 Å². The Morgan fingerprint density at radius 3 is 2.37 bits per heavy atom. The standard InChI is InChI=1S/C17H25N3O3.C2HF3O2/c1-22-12-10-20-11-13-23-14-17(20)4-8-19(9-5-17)16(21)15-2-6-18-7-3-15;3-2(4,5)1(6)7/h2-3,6-7H,4-5,8-14H2,1H3;(H,6,7). The maximum atomic E-state index is 12.6. The smallest absolute Gasteiger partial charge is 0.475 e. The van der Waals surface area contributed by atoms with Gasteiger partial charge >= 0.3 is 12.1 Å². The second-order valence-electron chi connectivity index (χ2n) is 7.09. The molecule has 1 aromatic heterocycles. The predicted octanol–water partition coefficient (Wildman–Crippen LogP) is 1.67. The lowest BCUT2D eigenvalue weighted by molar-refractivity contribution is -0.192. The predicted molar refractivity (Wildman–Crippen MR) is 100 cm³/mol. The van der Waals surface area contributed by atoms with E-state index >= 15 is 0 Å². The maximum absolute atomic E-state index is 12.6. The number of carboxylic acids is 1. The highest BCUT2D eigenvalue weighted by molar-refractivity contribution is 5.94. The third kappa shape index (κ3) is 6.38. The molecule has 2 aliphatic heterocycles. The van der Waals surface area contributed by atoms with Crippen LogP contribution >= 0.6 is 0 Å². The zero-order valence-electron chi connectivity index (χ0n) is 16.7. The number of pyridine rings is 1. The molecule has 0 atom stereocenters. The molecule has 11 heteroatoms. The summed E-state index contributed by atoms with van der Waals surface area (Å²) in [5, 5.41) is 7.12. The molecule has 2 aliphatic rings. The van der Waals surface area contributed by atoms with Gasteiger partial charge in [-0.05, 0) is 25.0 Å². The summed E-state index contributed by atoms with van der Waals surface area (Å²) in [6.07, 6.45) is 0.154.